The van der Waals surface area contributed by atoms with E-state index in [0.717, 1.165) is 55.3 Å². The van der Waals surface area contributed by atoms with Crippen molar-refractivity contribution in [1.82, 2.24) is 15.0 Å². The van der Waals surface area contributed by atoms with Crippen LogP contribution in [-0.2, 0) is 0 Å². The van der Waals surface area contributed by atoms with Crippen molar-refractivity contribution in [3.05, 3.63) is 151 Å². The molecule has 218 valence electrons. The van der Waals surface area contributed by atoms with E-state index in [4.69, 9.17) is 19.4 Å². The molecule has 0 unspecified atom stereocenters. The summed E-state index contributed by atoms with van der Waals surface area (Å²) >= 11 is 0. The van der Waals surface area contributed by atoms with Crippen molar-refractivity contribution in [2.45, 2.75) is 0 Å². The van der Waals surface area contributed by atoms with Crippen LogP contribution in [0.25, 0.3) is 78.4 Å². The smallest absolute Gasteiger partial charge is 0.164 e. The van der Waals surface area contributed by atoms with Gasteiger partial charge in [0.15, 0.2) is 17.5 Å². The maximum atomic E-state index is 9.74. The van der Waals surface area contributed by atoms with Gasteiger partial charge in [-0.2, -0.15) is 10.5 Å². The number of nitrogens with zero attached hydrogens (tertiary/aromatic N) is 5. The van der Waals surface area contributed by atoms with Gasteiger partial charge in [0.2, 0.25) is 0 Å². The molecule has 0 radical (unpaired) electrons. The summed E-state index contributed by atoms with van der Waals surface area (Å²) in [6.07, 6.45) is 0. The number of furan rings is 1. The molecule has 0 aliphatic carbocycles. The van der Waals surface area contributed by atoms with E-state index in [1.165, 1.54) is 0 Å². The zero-order valence-corrected chi connectivity index (χ0v) is 24.9. The van der Waals surface area contributed by atoms with Crippen molar-refractivity contribution in [2.75, 3.05) is 0 Å². The van der Waals surface area contributed by atoms with E-state index < -0.39 is 0 Å². The van der Waals surface area contributed by atoms with Crippen molar-refractivity contribution < 1.29 is 4.42 Å². The van der Waals surface area contributed by atoms with Gasteiger partial charge in [0.25, 0.3) is 0 Å². The second-order valence-corrected chi connectivity index (χ2v) is 11.1. The van der Waals surface area contributed by atoms with E-state index in [2.05, 4.69) is 36.4 Å². The lowest BCUT2D eigenvalue weighted by Crippen LogP contribution is -2.00. The molecule has 6 heteroatoms. The minimum absolute atomic E-state index is 0.349. The molecule has 0 saturated carbocycles. The molecule has 0 atom stereocenters. The summed E-state index contributed by atoms with van der Waals surface area (Å²) in [7, 11) is 0. The molecule has 0 fully saturated rings. The molecule has 0 saturated heterocycles. The normalized spacial score (nSPS) is 10.9. The van der Waals surface area contributed by atoms with Crippen LogP contribution >= 0.6 is 0 Å². The van der Waals surface area contributed by atoms with Gasteiger partial charge in [-0.25, -0.2) is 15.0 Å². The molecular weight excluding hydrogens is 578 g/mol. The van der Waals surface area contributed by atoms with Crippen LogP contribution in [0.4, 0.5) is 0 Å². The molecule has 8 aromatic rings. The van der Waals surface area contributed by atoms with Crippen molar-refractivity contribution >= 4 is 21.9 Å². The van der Waals surface area contributed by atoms with Crippen LogP contribution in [0.3, 0.4) is 0 Å². The van der Waals surface area contributed by atoms with E-state index in [-0.39, 0.29) is 0 Å². The van der Waals surface area contributed by atoms with Crippen LogP contribution in [-0.4, -0.2) is 15.0 Å². The van der Waals surface area contributed by atoms with Crippen molar-refractivity contribution in [2.24, 2.45) is 0 Å². The Morgan fingerprint density at radius 3 is 1.68 bits per heavy atom. The van der Waals surface area contributed by atoms with E-state index in [1.54, 1.807) is 12.1 Å². The molecule has 6 nitrogen and oxygen atoms in total. The average molecular weight is 602 g/mol. The molecule has 0 amide bonds. The standard InChI is InChI=1S/C41H23N5O/c42-24-31-13-7-14-32(35(31)25-43)27-17-19-29(20-18-27)40-44-39(28-11-5-2-6-12-28)45-41(46-40)30-21-22-34-37(23-30)47-36-16-8-15-33(38(34)36)26-9-3-1-4-10-26/h1-23H. The molecule has 2 heterocycles. The number of rotatable bonds is 5. The predicted octanol–water partition coefficient (Wildman–Crippen LogP) is 9.85. The van der Waals surface area contributed by atoms with Crippen LogP contribution < -0.4 is 0 Å². The Hall–Kier alpha value is -6.89. The largest absolute Gasteiger partial charge is 0.456 e. The molecule has 8 rings (SSSR count). The molecule has 0 N–H and O–H groups in total. The van der Waals surface area contributed by atoms with Crippen molar-refractivity contribution in [1.29, 1.82) is 10.5 Å². The first-order valence-electron chi connectivity index (χ1n) is 15.1. The molecule has 6 aromatic carbocycles. The highest BCUT2D eigenvalue weighted by Gasteiger charge is 2.17. The first-order valence-corrected chi connectivity index (χ1v) is 15.1. The Kier molecular flexibility index (Phi) is 6.80. The molecule has 0 aliphatic rings. The minimum atomic E-state index is 0.349. The third-order valence-corrected chi connectivity index (χ3v) is 8.26. The van der Waals surface area contributed by atoms with Crippen LogP contribution in [0.2, 0.25) is 0 Å². The highest BCUT2D eigenvalue weighted by molar-refractivity contribution is 6.13. The van der Waals surface area contributed by atoms with Gasteiger partial charge in [-0.3, -0.25) is 0 Å². The summed E-state index contributed by atoms with van der Waals surface area (Å²) < 4.78 is 6.38. The number of nitriles is 2. The first-order chi connectivity index (χ1) is 23.2. The number of benzene rings is 6. The number of aromatic nitrogens is 3. The molecule has 0 bridgehead atoms. The van der Waals surface area contributed by atoms with Gasteiger partial charge in [-0.05, 0) is 41.0 Å². The number of hydrogen-bond acceptors (Lipinski definition) is 6. The van der Waals surface area contributed by atoms with Gasteiger partial charge in [0, 0.05) is 33.0 Å². The van der Waals surface area contributed by atoms with E-state index in [0.29, 0.717) is 34.2 Å². The molecule has 0 spiro atoms. The quantitative estimate of drug-likeness (QED) is 0.195. The summed E-state index contributed by atoms with van der Waals surface area (Å²) in [5.74, 6) is 1.60. The van der Waals surface area contributed by atoms with E-state index in [1.807, 2.05) is 103 Å². The zero-order chi connectivity index (χ0) is 31.7. The van der Waals surface area contributed by atoms with Crippen molar-refractivity contribution in [3.63, 3.8) is 0 Å². The topological polar surface area (TPSA) is 99.4 Å². The Balaban J connectivity index is 1.25. The van der Waals surface area contributed by atoms with E-state index in [9.17, 15) is 10.5 Å². The van der Waals surface area contributed by atoms with Crippen LogP contribution in [0.5, 0.6) is 0 Å². The molecular formula is C41H23N5O. The number of hydrogen-bond donors (Lipinski definition) is 0. The Bertz CT molecular complexity index is 2520. The lowest BCUT2D eigenvalue weighted by Gasteiger charge is -2.10. The lowest BCUT2D eigenvalue weighted by molar-refractivity contribution is 0.669. The van der Waals surface area contributed by atoms with Gasteiger partial charge in [0.1, 0.15) is 23.3 Å². The summed E-state index contributed by atoms with van der Waals surface area (Å²) in [6.45, 7) is 0. The third kappa shape index (κ3) is 4.97. The Labute approximate surface area is 270 Å². The highest BCUT2D eigenvalue weighted by Crippen LogP contribution is 2.38. The maximum Gasteiger partial charge on any atom is 0.164 e. The minimum Gasteiger partial charge on any atom is -0.456 e. The van der Waals surface area contributed by atoms with Gasteiger partial charge in [-0.15, -0.1) is 0 Å². The van der Waals surface area contributed by atoms with Crippen molar-refractivity contribution in [3.8, 4) is 68.6 Å². The Morgan fingerprint density at radius 1 is 0.447 bits per heavy atom. The second-order valence-electron chi connectivity index (χ2n) is 11.1. The molecule has 47 heavy (non-hydrogen) atoms. The monoisotopic (exact) mass is 601 g/mol. The fourth-order valence-electron chi connectivity index (χ4n) is 5.98. The average Bonchev–Trinajstić information content (AvgIpc) is 3.53. The summed E-state index contributed by atoms with van der Waals surface area (Å²) in [6, 6.07) is 49.7. The molecule has 2 aromatic heterocycles. The fourth-order valence-corrected chi connectivity index (χ4v) is 5.98. The first kappa shape index (κ1) is 27.6. The van der Waals surface area contributed by atoms with Gasteiger partial charge in [-0.1, -0.05) is 115 Å². The van der Waals surface area contributed by atoms with Crippen LogP contribution in [0, 0.1) is 22.7 Å². The maximum absolute atomic E-state index is 9.74. The summed E-state index contributed by atoms with van der Waals surface area (Å²) in [5, 5.41) is 21.3. The lowest BCUT2D eigenvalue weighted by atomic mass is 9.96. The SMILES string of the molecule is N#Cc1cccc(-c2ccc(-c3nc(-c4ccccc4)nc(-c4ccc5c(c4)oc4cccc(-c6ccccc6)c45)n3)cc2)c1C#N. The van der Waals surface area contributed by atoms with Crippen LogP contribution in [0.15, 0.2) is 144 Å². The molecule has 0 aliphatic heterocycles. The zero-order valence-electron chi connectivity index (χ0n) is 24.9. The predicted molar refractivity (Wildman–Crippen MR) is 184 cm³/mol. The third-order valence-electron chi connectivity index (χ3n) is 8.26. The second kappa shape index (κ2) is 11.6. The highest BCUT2D eigenvalue weighted by atomic mass is 16.3. The number of fused-ring (bicyclic) bond motifs is 3. The van der Waals surface area contributed by atoms with Gasteiger partial charge < -0.3 is 4.42 Å². The van der Waals surface area contributed by atoms with Gasteiger partial charge >= 0.3 is 0 Å². The Morgan fingerprint density at radius 2 is 1.00 bits per heavy atom. The van der Waals surface area contributed by atoms with E-state index >= 15 is 0 Å². The summed E-state index contributed by atoms with van der Waals surface area (Å²) in [4.78, 5) is 14.7. The fraction of sp³-hybridized carbons (Fsp3) is 0. The van der Waals surface area contributed by atoms with Crippen LogP contribution in [0.1, 0.15) is 11.1 Å². The van der Waals surface area contributed by atoms with Gasteiger partial charge in [0.05, 0.1) is 11.1 Å². The summed E-state index contributed by atoms with van der Waals surface area (Å²) in [5.41, 5.74) is 8.53.